The lowest BCUT2D eigenvalue weighted by molar-refractivity contribution is 0.126. The lowest BCUT2D eigenvalue weighted by Gasteiger charge is -2.48. The average molecular weight is 1360 g/mol. The number of rotatable bonds is 20. The van der Waals surface area contributed by atoms with Crippen LogP contribution in [0.1, 0.15) is 102 Å². The topological polar surface area (TPSA) is 172 Å². The Morgan fingerprint density at radius 3 is 0.779 bits per heavy atom. The molecular formula is C78H82ClO13P3+2. The molecule has 10 aromatic carbocycles. The summed E-state index contributed by atoms with van der Waals surface area (Å²) in [6.07, 6.45) is 6.32. The molecule has 0 aliphatic heterocycles. The van der Waals surface area contributed by atoms with E-state index in [1.807, 2.05) is 109 Å². The number of hydrogen-bond donors (Lipinski definition) is 4. The molecule has 13 nitrogen and oxygen atoms in total. The highest BCUT2D eigenvalue weighted by Crippen LogP contribution is 2.61. The second-order valence-corrected chi connectivity index (χ2v) is 31.4. The van der Waals surface area contributed by atoms with Gasteiger partial charge in [0.25, 0.3) is 0 Å². The highest BCUT2D eigenvalue weighted by Gasteiger charge is 2.53. The van der Waals surface area contributed by atoms with E-state index in [0.717, 1.165) is 43.2 Å². The van der Waals surface area contributed by atoms with Gasteiger partial charge in [-0.05, 0) is 205 Å². The van der Waals surface area contributed by atoms with E-state index in [2.05, 4.69) is 90.1 Å². The molecule has 2 aliphatic carbocycles. The summed E-state index contributed by atoms with van der Waals surface area (Å²) < 4.78 is 58.3. The Labute approximate surface area is 564 Å². The first kappa shape index (κ1) is 69.3. The number of phenols is 2. The first-order valence-electron chi connectivity index (χ1n) is 31.7. The molecule has 2 fully saturated rings. The van der Waals surface area contributed by atoms with Crippen molar-refractivity contribution in [3.05, 3.63) is 301 Å². The van der Waals surface area contributed by atoms with Gasteiger partial charge in [-0.1, -0.05) is 199 Å². The smallest absolute Gasteiger partial charge is 0.508 e. The molecule has 492 valence electrons. The predicted octanol–water partition coefficient (Wildman–Crippen LogP) is 22.0. The summed E-state index contributed by atoms with van der Waals surface area (Å²) in [4.78, 5) is 23.4. The molecule has 4 N–H and O–H groups in total. The van der Waals surface area contributed by atoms with E-state index in [1.54, 1.807) is 121 Å². The van der Waals surface area contributed by atoms with Crippen LogP contribution in [0.5, 0.6) is 57.5 Å². The van der Waals surface area contributed by atoms with Crippen molar-refractivity contribution in [2.75, 3.05) is 0 Å². The Balaban J connectivity index is 0.000000199. The van der Waals surface area contributed by atoms with Crippen LogP contribution in [-0.2, 0) is 15.4 Å². The maximum absolute atomic E-state index is 11.9. The summed E-state index contributed by atoms with van der Waals surface area (Å²) in [5.74, 6) is 5.01. The van der Waals surface area contributed by atoms with Gasteiger partial charge in [0.2, 0.25) is 0 Å². The standard InChI is InChI=1S/C45H46O8P2.C21H26O2.C12H10ClO3P/c1-35-32-44(2,3)34-45(33-35,36-24-28-42(29-25-36)52-54(46,48-38-16-8-4-9-17-38)49-39-18-10-5-11-19-39)37-26-30-43(31-27-37)53-55(47,50-40-20-12-6-13-21-40)51-41-22-14-7-15-23-41;1-15-12-20(2,3)14-21(13-15,16-4-8-18(22)9-5-16)17-6-10-19(23)11-7-17;13-17(14,15-11-7-3-1-4-8-11)16-12-9-5-2-6-10-12/h4-31,35,46-47H,32-34H2,1-3H3;4-11,15,22-23H,12-14H2,1-3H3;1-10H/q+2;;. The maximum Gasteiger partial charge on any atom is 0.714 e. The number of hydrogen-bond acceptors (Lipinski definition) is 13. The van der Waals surface area contributed by atoms with Gasteiger partial charge in [-0.25, -0.2) is 31.7 Å². The van der Waals surface area contributed by atoms with E-state index < -0.39 is 23.3 Å². The first-order valence-corrected chi connectivity index (χ1v) is 37.1. The van der Waals surface area contributed by atoms with Crippen molar-refractivity contribution in [1.82, 2.24) is 0 Å². The third kappa shape index (κ3) is 19.4. The molecule has 10 aromatic rings. The summed E-state index contributed by atoms with van der Waals surface area (Å²) in [5.41, 5.74) is 4.63. The Kier molecular flexibility index (Phi) is 22.3. The van der Waals surface area contributed by atoms with Gasteiger partial charge in [0, 0.05) is 22.1 Å². The average Bonchev–Trinajstić information content (AvgIpc) is 0.755. The summed E-state index contributed by atoms with van der Waals surface area (Å²) in [6.45, 7) is 10.3. The van der Waals surface area contributed by atoms with Crippen molar-refractivity contribution in [3.63, 3.8) is 0 Å². The van der Waals surface area contributed by atoms with Gasteiger partial charge in [0.1, 0.15) is 23.0 Å². The number of benzene rings is 10. The van der Waals surface area contributed by atoms with Crippen LogP contribution in [0, 0.1) is 22.7 Å². The largest absolute Gasteiger partial charge is 0.714 e. The van der Waals surface area contributed by atoms with Gasteiger partial charge in [0.05, 0.1) is 0 Å². The SMILES string of the molecule is CC1CC(C)(C)CC(c2ccc(O)cc2)(c2ccc(O)cc2)C1.CC1CC(C)(C)CC(c2ccc(O[P+](O)(Oc3ccccc3)Oc3ccccc3)cc2)(c2ccc(O[P+](O)(Oc3ccccc3)Oc3ccccc3)cc2)C1.O=P(Cl)(Oc1ccccc1)Oc1ccccc1. The molecule has 95 heavy (non-hydrogen) atoms. The fourth-order valence-corrected chi connectivity index (χ4v) is 17.5. The lowest BCUT2D eigenvalue weighted by atomic mass is 9.55. The minimum Gasteiger partial charge on any atom is -0.508 e. The fraction of sp³-hybridized carbons (Fsp3) is 0.231. The second-order valence-electron chi connectivity index (χ2n) is 26.0. The predicted molar refractivity (Wildman–Crippen MR) is 380 cm³/mol. The van der Waals surface area contributed by atoms with Gasteiger partial charge < -0.3 is 19.3 Å². The van der Waals surface area contributed by atoms with Gasteiger partial charge in [-0.15, -0.1) is 9.79 Å². The van der Waals surface area contributed by atoms with E-state index in [0.29, 0.717) is 69.3 Å². The third-order valence-electron chi connectivity index (χ3n) is 16.6. The molecule has 2 saturated carbocycles. The van der Waals surface area contributed by atoms with Crippen LogP contribution in [0.2, 0.25) is 0 Å². The molecule has 0 saturated heterocycles. The Hall–Kier alpha value is -8.50. The molecule has 2 aliphatic rings. The minimum atomic E-state index is -3.91. The van der Waals surface area contributed by atoms with Gasteiger partial charge >= 0.3 is 23.3 Å². The number of aromatic hydroxyl groups is 2. The molecule has 0 amide bonds. The zero-order valence-corrected chi connectivity index (χ0v) is 57.6. The Bertz CT molecular complexity index is 3720. The number of halogens is 1. The van der Waals surface area contributed by atoms with Crippen LogP contribution in [0.4, 0.5) is 0 Å². The highest BCUT2D eigenvalue weighted by atomic mass is 35.7. The van der Waals surface area contributed by atoms with Crippen LogP contribution in [0.15, 0.2) is 279 Å². The molecule has 0 bridgehead atoms. The van der Waals surface area contributed by atoms with Crippen molar-refractivity contribution >= 4 is 34.5 Å². The van der Waals surface area contributed by atoms with Crippen molar-refractivity contribution < 1.29 is 60.8 Å². The summed E-state index contributed by atoms with van der Waals surface area (Å²) in [7, 11) is -7.82. The van der Waals surface area contributed by atoms with E-state index in [-0.39, 0.29) is 21.7 Å². The fourth-order valence-electron chi connectivity index (χ4n) is 13.7. The molecule has 2 atom stereocenters. The van der Waals surface area contributed by atoms with Gasteiger partial charge in [-0.2, -0.15) is 0 Å². The van der Waals surface area contributed by atoms with Gasteiger partial charge in [-0.3, -0.25) is 0 Å². The monoisotopic (exact) mass is 1350 g/mol. The summed E-state index contributed by atoms with van der Waals surface area (Å²) >= 11 is 5.72. The van der Waals surface area contributed by atoms with Crippen LogP contribution < -0.4 is 36.2 Å². The van der Waals surface area contributed by atoms with Crippen molar-refractivity contribution in [1.29, 1.82) is 0 Å². The van der Waals surface area contributed by atoms with Gasteiger partial charge in [0.15, 0.2) is 34.5 Å². The summed E-state index contributed by atoms with van der Waals surface area (Å²) in [5, 5.41) is 19.3. The quantitative estimate of drug-likeness (QED) is 0.0532. The van der Waals surface area contributed by atoms with E-state index in [1.165, 1.54) is 17.5 Å². The zero-order valence-electron chi connectivity index (χ0n) is 54.1. The molecular weight excluding hydrogens is 1270 g/mol. The number of para-hydroxylation sites is 6. The normalized spacial score (nSPS) is 16.9. The van der Waals surface area contributed by atoms with Crippen molar-refractivity contribution in [2.45, 2.75) is 90.9 Å². The van der Waals surface area contributed by atoms with Crippen molar-refractivity contribution in [2.24, 2.45) is 22.7 Å². The van der Waals surface area contributed by atoms with Crippen LogP contribution in [0.3, 0.4) is 0 Å². The van der Waals surface area contributed by atoms with Crippen LogP contribution in [-0.4, -0.2) is 20.0 Å². The maximum atomic E-state index is 11.9. The molecule has 2 unspecified atom stereocenters. The second kappa shape index (κ2) is 30.5. The van der Waals surface area contributed by atoms with E-state index in [4.69, 9.17) is 47.4 Å². The van der Waals surface area contributed by atoms with Crippen LogP contribution in [0.25, 0.3) is 0 Å². The molecule has 12 rings (SSSR count). The Morgan fingerprint density at radius 2 is 0.547 bits per heavy atom. The van der Waals surface area contributed by atoms with Crippen molar-refractivity contribution in [3.8, 4) is 57.5 Å². The molecule has 17 heteroatoms. The minimum absolute atomic E-state index is 0.0552. The summed E-state index contributed by atoms with van der Waals surface area (Å²) in [6, 6.07) is 84.3. The third-order valence-corrected chi connectivity index (χ3v) is 20.5. The Morgan fingerprint density at radius 1 is 0.337 bits per heavy atom. The number of phenolic OH excluding ortho intramolecular Hbond substituents is 2. The highest BCUT2D eigenvalue weighted by molar-refractivity contribution is 7.82. The molecule has 0 radical (unpaired) electrons. The first-order chi connectivity index (χ1) is 45.5. The molecule has 0 spiro atoms. The molecule has 0 aromatic heterocycles. The van der Waals surface area contributed by atoms with E-state index >= 15 is 0 Å². The van der Waals surface area contributed by atoms with E-state index in [9.17, 15) is 24.6 Å². The van der Waals surface area contributed by atoms with Crippen LogP contribution >= 0.6 is 34.5 Å². The molecule has 0 heterocycles. The zero-order chi connectivity index (χ0) is 67.2. The lowest BCUT2D eigenvalue weighted by Crippen LogP contribution is -2.41.